The van der Waals surface area contributed by atoms with E-state index in [1.807, 2.05) is 0 Å². The van der Waals surface area contributed by atoms with Crippen LogP contribution in [0.4, 0.5) is 18.3 Å². The molecule has 0 saturated carbocycles. The van der Waals surface area contributed by atoms with Crippen molar-refractivity contribution in [2.75, 3.05) is 25.2 Å². The Bertz CT molecular complexity index is 876. The van der Waals surface area contributed by atoms with Crippen molar-refractivity contribution in [3.05, 3.63) is 18.2 Å². The molecule has 1 aromatic heterocycles. The van der Waals surface area contributed by atoms with Gasteiger partial charge in [0.2, 0.25) is 0 Å². The first kappa shape index (κ1) is 22.4. The minimum atomic E-state index is -4.80. The average Bonchev–Trinajstić information content (AvgIpc) is 2.94. The lowest BCUT2D eigenvalue weighted by molar-refractivity contribution is -0.274. The zero-order valence-corrected chi connectivity index (χ0v) is 16.9. The van der Waals surface area contributed by atoms with Gasteiger partial charge in [0, 0.05) is 13.2 Å². The third-order valence-corrected chi connectivity index (χ3v) is 6.31. The summed E-state index contributed by atoms with van der Waals surface area (Å²) in [6.07, 6.45) is -5.06. The van der Waals surface area contributed by atoms with Gasteiger partial charge in [0.05, 0.1) is 16.8 Å². The van der Waals surface area contributed by atoms with E-state index in [9.17, 15) is 22.5 Å². The number of nitrogens with zero attached hydrogens (tertiary/aromatic N) is 1. The number of halogens is 3. The van der Waals surface area contributed by atoms with E-state index in [2.05, 4.69) is 19.9 Å². The fraction of sp³-hybridized carbons (Fsp3) is 0.467. The summed E-state index contributed by atoms with van der Waals surface area (Å²) in [6, 6.07) is 2.79. The van der Waals surface area contributed by atoms with Crippen LogP contribution < -0.4 is 14.9 Å². The molecule has 0 spiro atoms. The van der Waals surface area contributed by atoms with E-state index in [-0.39, 0.29) is 23.8 Å². The molecule has 2 N–H and O–H groups in total. The normalized spacial score (nSPS) is 15.1. The molecule has 0 aliphatic carbocycles. The van der Waals surface area contributed by atoms with Crippen LogP contribution in [0.1, 0.15) is 13.8 Å². The molecule has 0 aliphatic rings. The zero-order chi connectivity index (χ0) is 20.9. The summed E-state index contributed by atoms with van der Waals surface area (Å²) in [5.41, 5.74) is 0.393. The summed E-state index contributed by atoms with van der Waals surface area (Å²) in [6.45, 7) is 3.31. The molecule has 0 fully saturated rings. The van der Waals surface area contributed by atoms with Crippen LogP contribution >= 0.6 is 18.8 Å². The van der Waals surface area contributed by atoms with E-state index in [1.54, 1.807) is 6.92 Å². The number of aromatic nitrogens is 1. The first-order valence-electron chi connectivity index (χ1n) is 8.02. The number of benzene rings is 1. The number of methoxy groups -OCH3 is 1. The number of nitrogens with one attached hydrogen (secondary N) is 2. The number of rotatable bonds is 9. The van der Waals surface area contributed by atoms with Crippen LogP contribution in [0.15, 0.2) is 18.2 Å². The van der Waals surface area contributed by atoms with Gasteiger partial charge in [-0.2, -0.15) is 0 Å². The second-order valence-corrected chi connectivity index (χ2v) is 8.82. The summed E-state index contributed by atoms with van der Waals surface area (Å²) in [7, 11) is -2.12. The molecule has 1 aromatic carbocycles. The molecule has 0 radical (unpaired) electrons. The molecule has 156 valence electrons. The number of carbonyl (C=O) groups excluding carboxylic acids is 1. The summed E-state index contributed by atoms with van der Waals surface area (Å²) in [4.78, 5) is 16.0. The highest BCUT2D eigenvalue weighted by Gasteiger charge is 2.32. The Balaban J connectivity index is 2.20. The van der Waals surface area contributed by atoms with Gasteiger partial charge in [-0.25, -0.2) is 10.1 Å². The largest absolute Gasteiger partial charge is 0.573 e. The highest BCUT2D eigenvalue weighted by molar-refractivity contribution is 7.63. The van der Waals surface area contributed by atoms with E-state index in [1.165, 1.54) is 26.2 Å². The number of fused-ring (bicyclic) bond motifs is 1. The topological polar surface area (TPSA) is 98.8 Å². The van der Waals surface area contributed by atoms with Crippen molar-refractivity contribution < 1.29 is 36.7 Å². The lowest BCUT2D eigenvalue weighted by atomic mass is 10.3. The number of thiazole rings is 1. The van der Waals surface area contributed by atoms with Crippen LogP contribution in [0.5, 0.6) is 5.75 Å². The molecule has 13 heteroatoms. The van der Waals surface area contributed by atoms with E-state index in [0.29, 0.717) is 10.2 Å². The Morgan fingerprint density at radius 3 is 2.71 bits per heavy atom. The predicted octanol–water partition coefficient (Wildman–Crippen LogP) is 3.95. The molecule has 2 rings (SSSR count). The van der Waals surface area contributed by atoms with Gasteiger partial charge in [-0.3, -0.25) is 14.4 Å². The third kappa shape index (κ3) is 6.33. The maximum Gasteiger partial charge on any atom is 0.573 e. The molecule has 0 aliphatic heterocycles. The average molecular weight is 441 g/mol. The van der Waals surface area contributed by atoms with Crippen LogP contribution in [0.3, 0.4) is 0 Å². The van der Waals surface area contributed by atoms with Crippen LogP contribution in [0.25, 0.3) is 10.2 Å². The lowest BCUT2D eigenvalue weighted by Gasteiger charge is -2.22. The quantitative estimate of drug-likeness (QED) is 0.446. The van der Waals surface area contributed by atoms with Crippen LogP contribution in [-0.4, -0.2) is 43.4 Å². The Labute approximate surface area is 162 Å². The number of hydrogen-bond donors (Lipinski definition) is 2. The highest BCUT2D eigenvalue weighted by Crippen LogP contribution is 2.44. The van der Waals surface area contributed by atoms with Crippen LogP contribution in [-0.2, 0) is 18.8 Å². The van der Waals surface area contributed by atoms with Crippen molar-refractivity contribution in [2.24, 2.45) is 0 Å². The van der Waals surface area contributed by atoms with Crippen molar-refractivity contribution >= 4 is 40.1 Å². The van der Waals surface area contributed by atoms with Gasteiger partial charge < -0.3 is 14.2 Å². The Hall–Kier alpha value is -1.88. The number of esters is 1. The number of alkyl halides is 3. The third-order valence-electron chi connectivity index (χ3n) is 3.22. The maximum atomic E-state index is 13.1. The molecule has 28 heavy (non-hydrogen) atoms. The van der Waals surface area contributed by atoms with Gasteiger partial charge in [0.15, 0.2) is 5.13 Å². The number of carbonyl (C=O) groups is 1. The van der Waals surface area contributed by atoms with Gasteiger partial charge in [-0.1, -0.05) is 11.3 Å². The molecule has 2 unspecified atom stereocenters. The molecule has 0 amide bonds. The minimum Gasteiger partial charge on any atom is -0.465 e. The summed E-state index contributed by atoms with van der Waals surface area (Å²) in [5.74, 6) is -0.969. The molecular weight excluding hydrogens is 422 g/mol. The first-order valence-corrected chi connectivity index (χ1v) is 10.7. The smallest absolute Gasteiger partial charge is 0.465 e. The van der Waals surface area contributed by atoms with E-state index < -0.39 is 25.8 Å². The van der Waals surface area contributed by atoms with Gasteiger partial charge in [0.25, 0.3) is 7.44 Å². The number of ether oxygens (including phenoxy) is 3. The molecular formula is C15H19F3N3O5PS. The van der Waals surface area contributed by atoms with E-state index in [0.717, 1.165) is 17.4 Å². The molecule has 2 aromatic rings. The Morgan fingerprint density at radius 1 is 1.39 bits per heavy atom. The number of anilines is 1. The second kappa shape index (κ2) is 9.08. The fourth-order valence-electron chi connectivity index (χ4n) is 2.22. The van der Waals surface area contributed by atoms with Gasteiger partial charge in [0.1, 0.15) is 18.1 Å². The summed E-state index contributed by atoms with van der Waals surface area (Å²) in [5, 5.41) is 5.53. The highest BCUT2D eigenvalue weighted by atomic mass is 32.1. The van der Waals surface area contributed by atoms with Crippen molar-refractivity contribution in [3.63, 3.8) is 0 Å². The van der Waals surface area contributed by atoms with Crippen molar-refractivity contribution in [1.29, 1.82) is 0 Å². The van der Waals surface area contributed by atoms with E-state index in [4.69, 9.17) is 9.47 Å². The number of hydrogen-bond acceptors (Lipinski definition) is 7. The maximum absolute atomic E-state index is 13.1. The first-order chi connectivity index (χ1) is 13.0. The van der Waals surface area contributed by atoms with Crippen LogP contribution in [0.2, 0.25) is 0 Å². The minimum absolute atomic E-state index is 0.174. The second-order valence-electron chi connectivity index (χ2n) is 5.57. The Kier molecular flexibility index (Phi) is 7.27. The molecule has 2 atom stereocenters. The van der Waals surface area contributed by atoms with Crippen molar-refractivity contribution in [1.82, 2.24) is 10.1 Å². The monoisotopic (exact) mass is 441 g/mol. The van der Waals surface area contributed by atoms with Crippen molar-refractivity contribution in [2.45, 2.75) is 26.3 Å². The van der Waals surface area contributed by atoms with Crippen LogP contribution in [0, 0.1) is 0 Å². The Morgan fingerprint density at radius 2 is 2.11 bits per heavy atom. The molecule has 8 nitrogen and oxygen atoms in total. The summed E-state index contributed by atoms with van der Waals surface area (Å²) >= 11 is 0.982. The van der Waals surface area contributed by atoms with Gasteiger partial charge in [-0.15, -0.1) is 13.2 Å². The summed E-state index contributed by atoms with van der Waals surface area (Å²) < 4.78 is 64.2. The van der Waals surface area contributed by atoms with E-state index >= 15 is 0 Å². The molecule has 0 bridgehead atoms. The molecule has 0 saturated heterocycles. The van der Waals surface area contributed by atoms with Crippen molar-refractivity contribution in [3.8, 4) is 5.75 Å². The predicted molar refractivity (Wildman–Crippen MR) is 98.6 cm³/mol. The standard InChI is InChI=1S/C15H19F3N3O5PS/c1-4-25-13(22)9(2)20-27(23,8-24-3)21-14-19-11-6-5-10(7-12(11)28-14)26-15(16,17)18/h5-7,9H,4,8H2,1-3H3,(H2,19,20,21,23). The molecule has 1 heterocycles. The lowest BCUT2D eigenvalue weighted by Crippen LogP contribution is -2.35. The van der Waals surface area contributed by atoms with Gasteiger partial charge >= 0.3 is 12.3 Å². The zero-order valence-electron chi connectivity index (χ0n) is 15.2. The fourth-order valence-corrected chi connectivity index (χ4v) is 5.25. The SMILES string of the molecule is CCOC(=O)C(C)NP(=O)(COC)Nc1nc2ccc(OC(F)(F)F)cc2s1. The van der Waals surface area contributed by atoms with Gasteiger partial charge in [-0.05, 0) is 26.0 Å².